The minimum atomic E-state index is -0.415. The molecule has 28 heavy (non-hydrogen) atoms. The average molecular weight is 409 g/mol. The van der Waals surface area contributed by atoms with Gasteiger partial charge in [0.1, 0.15) is 11.8 Å². The third kappa shape index (κ3) is 6.53. The molecule has 1 amide bonds. The molecule has 0 aliphatic carbocycles. The van der Waals surface area contributed by atoms with Crippen molar-refractivity contribution in [2.45, 2.75) is 39.2 Å². The maximum absolute atomic E-state index is 12.6. The summed E-state index contributed by atoms with van der Waals surface area (Å²) in [6, 6.07) is 7.71. The van der Waals surface area contributed by atoms with E-state index in [2.05, 4.69) is 55.6 Å². The zero-order chi connectivity index (χ0) is 20.0. The first kappa shape index (κ1) is 24.0. The van der Waals surface area contributed by atoms with E-state index in [9.17, 15) is 4.79 Å². The Hall–Kier alpha value is -2.05. The molecule has 0 fully saturated rings. The van der Waals surface area contributed by atoms with Gasteiger partial charge in [-0.05, 0) is 30.7 Å². The molecule has 0 radical (unpaired) electrons. The standard InChI is InChI=1S/C21H32N4O2.ClH/c1-15(2)13-27-18-9-7-17(8-10-18)21(3,4)14-23-20(26)19(22-5)16-11-24-25(6)12-16;/h7-12,15,19,22H,13-14H2,1-6H3,(H,23,26);1H. The first-order valence-electron chi connectivity index (χ1n) is 9.40. The molecular formula is C21H33ClN4O2. The first-order valence-corrected chi connectivity index (χ1v) is 9.40. The lowest BCUT2D eigenvalue weighted by Gasteiger charge is -2.27. The maximum Gasteiger partial charge on any atom is 0.241 e. The Balaban J connectivity index is 0.00000392. The second-order valence-corrected chi connectivity index (χ2v) is 8.00. The molecule has 0 saturated carbocycles. The smallest absolute Gasteiger partial charge is 0.241 e. The van der Waals surface area contributed by atoms with Crippen molar-refractivity contribution >= 4 is 18.3 Å². The normalized spacial score (nSPS) is 12.4. The van der Waals surface area contributed by atoms with E-state index in [0.29, 0.717) is 19.1 Å². The van der Waals surface area contributed by atoms with Crippen LogP contribution in [0.15, 0.2) is 36.7 Å². The van der Waals surface area contributed by atoms with Crippen molar-refractivity contribution in [3.8, 4) is 5.75 Å². The van der Waals surface area contributed by atoms with Crippen molar-refractivity contribution in [2.24, 2.45) is 13.0 Å². The summed E-state index contributed by atoms with van der Waals surface area (Å²) >= 11 is 0. The number of amides is 1. The number of benzene rings is 1. The highest BCUT2D eigenvalue weighted by atomic mass is 35.5. The van der Waals surface area contributed by atoms with E-state index < -0.39 is 6.04 Å². The molecule has 0 spiro atoms. The minimum Gasteiger partial charge on any atom is -0.493 e. The van der Waals surface area contributed by atoms with Crippen molar-refractivity contribution in [3.63, 3.8) is 0 Å². The highest BCUT2D eigenvalue weighted by molar-refractivity contribution is 5.85. The molecule has 1 unspecified atom stereocenters. The number of aryl methyl sites for hydroxylation is 1. The Labute approximate surface area is 174 Å². The fourth-order valence-electron chi connectivity index (χ4n) is 2.82. The molecule has 0 aliphatic rings. The second kappa shape index (κ2) is 10.5. The first-order chi connectivity index (χ1) is 12.7. The third-order valence-electron chi connectivity index (χ3n) is 4.53. The largest absolute Gasteiger partial charge is 0.493 e. The molecule has 156 valence electrons. The van der Waals surface area contributed by atoms with Crippen LogP contribution < -0.4 is 15.4 Å². The number of hydrogen-bond donors (Lipinski definition) is 2. The monoisotopic (exact) mass is 408 g/mol. The van der Waals surface area contributed by atoms with Gasteiger partial charge in [0.25, 0.3) is 0 Å². The van der Waals surface area contributed by atoms with Crippen LogP contribution in [0.5, 0.6) is 5.75 Å². The summed E-state index contributed by atoms with van der Waals surface area (Å²) in [7, 11) is 3.62. The second-order valence-electron chi connectivity index (χ2n) is 8.00. The van der Waals surface area contributed by atoms with Gasteiger partial charge in [0, 0.05) is 30.8 Å². The number of hydrogen-bond acceptors (Lipinski definition) is 4. The van der Waals surface area contributed by atoms with Gasteiger partial charge in [-0.1, -0.05) is 39.8 Å². The number of rotatable bonds is 9. The van der Waals surface area contributed by atoms with Crippen LogP contribution in [0.1, 0.15) is 44.9 Å². The Kier molecular flexibility index (Phi) is 8.98. The molecular weight excluding hydrogens is 376 g/mol. The molecule has 6 nitrogen and oxygen atoms in total. The van der Waals surface area contributed by atoms with Gasteiger partial charge >= 0.3 is 0 Å². The molecule has 1 heterocycles. The number of carbonyl (C=O) groups is 1. The lowest BCUT2D eigenvalue weighted by molar-refractivity contribution is -0.123. The van der Waals surface area contributed by atoms with E-state index >= 15 is 0 Å². The summed E-state index contributed by atoms with van der Waals surface area (Å²) < 4.78 is 7.44. The van der Waals surface area contributed by atoms with E-state index in [1.54, 1.807) is 17.9 Å². The van der Waals surface area contributed by atoms with Gasteiger partial charge in [-0.25, -0.2) is 0 Å². The lowest BCUT2D eigenvalue weighted by Crippen LogP contribution is -2.42. The van der Waals surface area contributed by atoms with Crippen LogP contribution in [-0.2, 0) is 17.3 Å². The van der Waals surface area contributed by atoms with Crippen molar-refractivity contribution in [2.75, 3.05) is 20.2 Å². The molecule has 0 saturated heterocycles. The molecule has 1 aromatic heterocycles. The Morgan fingerprint density at radius 3 is 2.39 bits per heavy atom. The fourth-order valence-corrected chi connectivity index (χ4v) is 2.82. The summed E-state index contributed by atoms with van der Waals surface area (Å²) in [5, 5.41) is 10.3. The van der Waals surface area contributed by atoms with E-state index in [-0.39, 0.29) is 23.7 Å². The van der Waals surface area contributed by atoms with Crippen molar-refractivity contribution in [1.82, 2.24) is 20.4 Å². The number of nitrogens with one attached hydrogen (secondary N) is 2. The highest BCUT2D eigenvalue weighted by Gasteiger charge is 2.25. The number of aromatic nitrogens is 2. The van der Waals surface area contributed by atoms with E-state index in [1.807, 2.05) is 25.4 Å². The Morgan fingerprint density at radius 1 is 1.25 bits per heavy atom. The average Bonchev–Trinajstić information content (AvgIpc) is 3.05. The van der Waals surface area contributed by atoms with E-state index in [4.69, 9.17) is 4.74 Å². The predicted octanol–water partition coefficient (Wildman–Crippen LogP) is 3.23. The van der Waals surface area contributed by atoms with Crippen molar-refractivity contribution in [1.29, 1.82) is 0 Å². The van der Waals surface area contributed by atoms with Crippen LogP contribution in [0.2, 0.25) is 0 Å². The summed E-state index contributed by atoms with van der Waals surface area (Å²) in [5.41, 5.74) is 1.81. The van der Waals surface area contributed by atoms with Crippen LogP contribution >= 0.6 is 12.4 Å². The minimum absolute atomic E-state index is 0. The number of nitrogens with zero attached hydrogens (tertiary/aromatic N) is 2. The van der Waals surface area contributed by atoms with Gasteiger partial charge in [0.05, 0.1) is 12.8 Å². The number of likely N-dealkylation sites (N-methyl/N-ethyl adjacent to an activating group) is 1. The summed E-state index contributed by atoms with van der Waals surface area (Å²) in [4.78, 5) is 12.6. The maximum atomic E-state index is 12.6. The topological polar surface area (TPSA) is 68.2 Å². The molecule has 2 rings (SSSR count). The number of carbonyl (C=O) groups excluding carboxylic acids is 1. The molecule has 2 N–H and O–H groups in total. The van der Waals surface area contributed by atoms with Crippen molar-refractivity contribution in [3.05, 3.63) is 47.8 Å². The van der Waals surface area contributed by atoms with Crippen LogP contribution in [0.4, 0.5) is 0 Å². The van der Waals surface area contributed by atoms with Gasteiger partial charge in [-0.3, -0.25) is 9.48 Å². The van der Waals surface area contributed by atoms with Gasteiger partial charge in [-0.2, -0.15) is 5.10 Å². The predicted molar refractivity (Wildman–Crippen MR) is 115 cm³/mol. The zero-order valence-corrected chi connectivity index (χ0v) is 18.5. The van der Waals surface area contributed by atoms with Gasteiger partial charge in [0.15, 0.2) is 0 Å². The lowest BCUT2D eigenvalue weighted by atomic mass is 9.84. The molecule has 7 heteroatoms. The highest BCUT2D eigenvalue weighted by Crippen LogP contribution is 2.25. The Morgan fingerprint density at radius 2 is 1.89 bits per heavy atom. The fraction of sp³-hybridized carbons (Fsp3) is 0.524. The van der Waals surface area contributed by atoms with Crippen LogP contribution in [-0.4, -0.2) is 35.9 Å². The van der Waals surface area contributed by atoms with E-state index in [0.717, 1.165) is 16.9 Å². The number of halogens is 1. The van der Waals surface area contributed by atoms with E-state index in [1.165, 1.54) is 0 Å². The summed E-state index contributed by atoms with van der Waals surface area (Å²) in [6.07, 6.45) is 3.56. The van der Waals surface area contributed by atoms with Crippen LogP contribution in [0.3, 0.4) is 0 Å². The summed E-state index contributed by atoms with van der Waals surface area (Å²) in [5.74, 6) is 1.31. The number of ether oxygens (including phenoxy) is 1. The SMILES string of the molecule is CNC(C(=O)NCC(C)(C)c1ccc(OCC(C)C)cc1)c1cnn(C)c1.Cl. The van der Waals surface area contributed by atoms with Gasteiger partial charge in [-0.15, -0.1) is 12.4 Å². The molecule has 1 atom stereocenters. The molecule has 1 aromatic carbocycles. The van der Waals surface area contributed by atoms with Gasteiger partial charge in [0.2, 0.25) is 5.91 Å². The van der Waals surface area contributed by atoms with Crippen LogP contribution in [0, 0.1) is 5.92 Å². The quantitative estimate of drug-likeness (QED) is 0.668. The van der Waals surface area contributed by atoms with Gasteiger partial charge < -0.3 is 15.4 Å². The zero-order valence-electron chi connectivity index (χ0n) is 17.7. The molecule has 0 aliphatic heterocycles. The molecule has 0 bridgehead atoms. The third-order valence-corrected chi connectivity index (χ3v) is 4.53. The Bertz CT molecular complexity index is 741. The van der Waals surface area contributed by atoms with Crippen LogP contribution in [0.25, 0.3) is 0 Å². The summed E-state index contributed by atoms with van der Waals surface area (Å²) in [6.45, 7) is 9.74. The van der Waals surface area contributed by atoms with Crippen molar-refractivity contribution < 1.29 is 9.53 Å². The molecule has 2 aromatic rings.